The van der Waals surface area contributed by atoms with E-state index in [1.54, 1.807) is 15.8 Å². The second-order valence-corrected chi connectivity index (χ2v) is 8.28. The van der Waals surface area contributed by atoms with Gasteiger partial charge in [0.2, 0.25) is 5.95 Å². The summed E-state index contributed by atoms with van der Waals surface area (Å²) in [5.41, 5.74) is 0.928. The Hall–Kier alpha value is -3.99. The molecule has 36 heavy (non-hydrogen) atoms. The van der Waals surface area contributed by atoms with E-state index in [1.165, 1.54) is 6.07 Å². The minimum atomic E-state index is -4.60. The Balaban J connectivity index is 1.42. The Labute approximate surface area is 204 Å². The first-order valence-corrected chi connectivity index (χ1v) is 11.3. The van der Waals surface area contributed by atoms with E-state index in [0.717, 1.165) is 23.9 Å². The zero-order valence-electron chi connectivity index (χ0n) is 19.0. The Kier molecular flexibility index (Phi) is 6.55. The van der Waals surface area contributed by atoms with Crippen molar-refractivity contribution >= 4 is 17.3 Å². The molecule has 5 rings (SSSR count). The highest BCUT2D eigenvalue weighted by atomic mass is 19.4. The SMILES string of the molecule is Fc1cnc(Nc2ccc(Cn3cccn3)cc2)nc1-c1cc(N2CCOCC2)cc(C(F)(F)F)c1. The quantitative estimate of drug-likeness (QED) is 0.372. The van der Waals surface area contributed by atoms with Crippen LogP contribution in [0.1, 0.15) is 11.1 Å². The van der Waals surface area contributed by atoms with Gasteiger partial charge >= 0.3 is 6.18 Å². The highest BCUT2D eigenvalue weighted by Gasteiger charge is 2.32. The van der Waals surface area contributed by atoms with Gasteiger partial charge in [0.05, 0.1) is 31.5 Å². The third kappa shape index (κ3) is 5.46. The van der Waals surface area contributed by atoms with Crippen molar-refractivity contribution in [2.45, 2.75) is 12.7 Å². The minimum absolute atomic E-state index is 0.0174. The lowest BCUT2D eigenvalue weighted by Gasteiger charge is -2.29. The molecule has 7 nitrogen and oxygen atoms in total. The van der Waals surface area contributed by atoms with Crippen molar-refractivity contribution in [1.82, 2.24) is 19.7 Å². The van der Waals surface area contributed by atoms with Crippen LogP contribution in [0.4, 0.5) is 34.9 Å². The van der Waals surface area contributed by atoms with Gasteiger partial charge in [-0.2, -0.15) is 18.3 Å². The molecule has 0 radical (unpaired) electrons. The maximum atomic E-state index is 14.8. The molecular weight excluding hydrogens is 476 g/mol. The summed E-state index contributed by atoms with van der Waals surface area (Å²) in [6, 6.07) is 12.7. The first kappa shape index (κ1) is 23.7. The van der Waals surface area contributed by atoms with E-state index < -0.39 is 17.6 Å². The maximum absolute atomic E-state index is 14.8. The molecule has 0 saturated carbocycles. The zero-order valence-corrected chi connectivity index (χ0v) is 19.0. The lowest BCUT2D eigenvalue weighted by Crippen LogP contribution is -2.36. The van der Waals surface area contributed by atoms with Crippen LogP contribution in [0.25, 0.3) is 11.3 Å². The molecule has 4 aromatic rings. The van der Waals surface area contributed by atoms with Crippen LogP contribution in [0.2, 0.25) is 0 Å². The van der Waals surface area contributed by atoms with Crippen molar-refractivity contribution < 1.29 is 22.3 Å². The predicted molar refractivity (Wildman–Crippen MR) is 127 cm³/mol. The van der Waals surface area contributed by atoms with Crippen LogP contribution in [-0.4, -0.2) is 46.1 Å². The van der Waals surface area contributed by atoms with Crippen molar-refractivity contribution in [3.63, 3.8) is 0 Å². The van der Waals surface area contributed by atoms with Crippen molar-refractivity contribution in [3.05, 3.63) is 84.1 Å². The molecule has 1 fully saturated rings. The monoisotopic (exact) mass is 498 g/mol. The molecule has 186 valence electrons. The minimum Gasteiger partial charge on any atom is -0.378 e. The van der Waals surface area contributed by atoms with Crippen molar-refractivity contribution in [1.29, 1.82) is 0 Å². The number of morpholine rings is 1. The fourth-order valence-corrected chi connectivity index (χ4v) is 3.95. The highest BCUT2D eigenvalue weighted by molar-refractivity contribution is 5.69. The fraction of sp³-hybridized carbons (Fsp3) is 0.240. The molecule has 11 heteroatoms. The number of halogens is 4. The van der Waals surface area contributed by atoms with Crippen LogP contribution >= 0.6 is 0 Å². The Morgan fingerprint density at radius 2 is 1.81 bits per heavy atom. The Morgan fingerprint density at radius 3 is 2.50 bits per heavy atom. The van der Waals surface area contributed by atoms with Gasteiger partial charge in [0.1, 0.15) is 5.69 Å². The summed E-state index contributed by atoms with van der Waals surface area (Å²) < 4.78 is 62.8. The fourth-order valence-electron chi connectivity index (χ4n) is 3.95. The summed E-state index contributed by atoms with van der Waals surface area (Å²) in [5, 5.41) is 7.16. The number of rotatable bonds is 6. The number of hydrogen-bond acceptors (Lipinski definition) is 6. The third-order valence-corrected chi connectivity index (χ3v) is 5.75. The second kappa shape index (κ2) is 9.94. The van der Waals surface area contributed by atoms with Crippen LogP contribution in [0.5, 0.6) is 0 Å². The number of benzene rings is 2. The molecule has 0 amide bonds. The molecule has 0 spiro atoms. The summed E-state index contributed by atoms with van der Waals surface area (Å²) in [4.78, 5) is 9.96. The van der Waals surface area contributed by atoms with Gasteiger partial charge < -0.3 is 15.0 Å². The smallest absolute Gasteiger partial charge is 0.378 e. The molecule has 1 aliphatic rings. The number of nitrogens with one attached hydrogen (secondary N) is 1. The first-order chi connectivity index (χ1) is 17.3. The van der Waals surface area contributed by atoms with Crippen LogP contribution in [0.3, 0.4) is 0 Å². The van der Waals surface area contributed by atoms with Gasteiger partial charge in [-0.3, -0.25) is 4.68 Å². The number of aromatic nitrogens is 4. The molecule has 2 aromatic heterocycles. The topological polar surface area (TPSA) is 68.1 Å². The maximum Gasteiger partial charge on any atom is 0.416 e. The normalized spacial score (nSPS) is 14.2. The summed E-state index contributed by atoms with van der Waals surface area (Å²) in [6.45, 7) is 2.29. The second-order valence-electron chi connectivity index (χ2n) is 8.28. The zero-order chi connectivity index (χ0) is 25.1. The summed E-state index contributed by atoms with van der Waals surface area (Å²) in [5.74, 6) is -0.751. The van der Waals surface area contributed by atoms with Gasteiger partial charge in [-0.05, 0) is 42.0 Å². The van der Waals surface area contributed by atoms with Crippen LogP contribution in [0, 0.1) is 5.82 Å². The largest absolute Gasteiger partial charge is 0.416 e. The van der Waals surface area contributed by atoms with E-state index in [2.05, 4.69) is 20.4 Å². The molecule has 0 atom stereocenters. The van der Waals surface area contributed by atoms with E-state index in [4.69, 9.17) is 4.74 Å². The van der Waals surface area contributed by atoms with Crippen LogP contribution < -0.4 is 10.2 Å². The number of ether oxygens (including phenoxy) is 1. The third-order valence-electron chi connectivity index (χ3n) is 5.75. The van der Waals surface area contributed by atoms with Gasteiger partial charge in [0, 0.05) is 42.4 Å². The number of anilines is 3. The highest BCUT2D eigenvalue weighted by Crippen LogP contribution is 2.36. The first-order valence-electron chi connectivity index (χ1n) is 11.3. The summed E-state index contributed by atoms with van der Waals surface area (Å²) in [6.07, 6.45) is -0.0864. The number of alkyl halides is 3. The Morgan fingerprint density at radius 1 is 1.03 bits per heavy atom. The van der Waals surface area contributed by atoms with Crippen molar-refractivity contribution in [2.75, 3.05) is 36.5 Å². The van der Waals surface area contributed by atoms with E-state index in [-0.39, 0.29) is 17.2 Å². The lowest BCUT2D eigenvalue weighted by molar-refractivity contribution is -0.137. The van der Waals surface area contributed by atoms with E-state index in [0.29, 0.717) is 44.2 Å². The average Bonchev–Trinajstić information content (AvgIpc) is 3.39. The summed E-state index contributed by atoms with van der Waals surface area (Å²) in [7, 11) is 0. The molecular formula is C25H22F4N6O. The van der Waals surface area contributed by atoms with Gasteiger partial charge in [-0.15, -0.1) is 0 Å². The molecule has 2 aromatic carbocycles. The van der Waals surface area contributed by atoms with E-state index in [9.17, 15) is 17.6 Å². The van der Waals surface area contributed by atoms with Crippen molar-refractivity contribution in [2.24, 2.45) is 0 Å². The van der Waals surface area contributed by atoms with Crippen molar-refractivity contribution in [3.8, 4) is 11.3 Å². The lowest BCUT2D eigenvalue weighted by atomic mass is 10.0. The molecule has 0 bridgehead atoms. The van der Waals surface area contributed by atoms with E-state index in [1.807, 2.05) is 36.5 Å². The predicted octanol–water partition coefficient (Wildman–Crippen LogP) is 5.13. The molecule has 1 N–H and O–H groups in total. The molecule has 0 aliphatic carbocycles. The molecule has 0 unspecified atom stereocenters. The van der Waals surface area contributed by atoms with Gasteiger partial charge in [0.25, 0.3) is 0 Å². The summed E-state index contributed by atoms with van der Waals surface area (Å²) >= 11 is 0. The van der Waals surface area contributed by atoms with Crippen LogP contribution in [-0.2, 0) is 17.5 Å². The molecule has 3 heterocycles. The van der Waals surface area contributed by atoms with Gasteiger partial charge in [0.15, 0.2) is 5.82 Å². The van der Waals surface area contributed by atoms with Crippen LogP contribution in [0.15, 0.2) is 67.1 Å². The van der Waals surface area contributed by atoms with Gasteiger partial charge in [-0.1, -0.05) is 12.1 Å². The Bertz CT molecular complexity index is 1320. The molecule has 1 saturated heterocycles. The van der Waals surface area contributed by atoms with Gasteiger partial charge in [-0.25, -0.2) is 14.4 Å². The number of nitrogens with zero attached hydrogens (tertiary/aromatic N) is 5. The average molecular weight is 498 g/mol. The van der Waals surface area contributed by atoms with E-state index >= 15 is 0 Å². The number of hydrogen-bond donors (Lipinski definition) is 1. The standard InChI is InChI=1S/C25H22F4N6O/c26-22-15-30-24(32-20-4-2-17(3-5-20)16-35-7-1-6-31-35)33-23(22)18-12-19(25(27,28)29)14-21(13-18)34-8-10-36-11-9-34/h1-7,12-15H,8-11,16H2,(H,30,32,33). The molecule has 1 aliphatic heterocycles.